The minimum atomic E-state index is -3.49. The van der Waals surface area contributed by atoms with E-state index in [4.69, 9.17) is 0 Å². The van der Waals surface area contributed by atoms with Gasteiger partial charge in [0.1, 0.15) is 0 Å². The van der Waals surface area contributed by atoms with Gasteiger partial charge in [0, 0.05) is 15.9 Å². The van der Waals surface area contributed by atoms with E-state index in [1.54, 1.807) is 6.08 Å². The highest BCUT2D eigenvalue weighted by molar-refractivity contribution is 9.10. The predicted octanol–water partition coefficient (Wildman–Crippen LogP) is 4.49. The molecule has 2 rings (SSSR count). The molecule has 2 aromatic carbocycles. The van der Waals surface area contributed by atoms with Gasteiger partial charge in [0.15, 0.2) is 0 Å². The molecule has 0 heterocycles. The molecule has 0 aliphatic carbocycles. The lowest BCUT2D eigenvalue weighted by Crippen LogP contribution is -2.26. The van der Waals surface area contributed by atoms with Crippen molar-refractivity contribution in [1.82, 2.24) is 4.72 Å². The lowest BCUT2D eigenvalue weighted by atomic mass is 10.1. The Balaban J connectivity index is 2.12. The van der Waals surface area contributed by atoms with Gasteiger partial charge in [-0.05, 0) is 35.8 Å². The third kappa shape index (κ3) is 5.09. The summed E-state index contributed by atoms with van der Waals surface area (Å²) in [4.78, 5) is 0. The minimum absolute atomic E-state index is 0.237. The molecular weight excluding hydrogens is 362 g/mol. The Morgan fingerprint density at radius 3 is 2.32 bits per heavy atom. The summed E-state index contributed by atoms with van der Waals surface area (Å²) in [6, 6.07) is 16.8. The third-order valence-corrected chi connectivity index (χ3v) is 4.86. The first-order valence-corrected chi connectivity index (χ1v) is 9.35. The summed E-state index contributed by atoms with van der Waals surface area (Å²) in [6.45, 7) is 1.95. The van der Waals surface area contributed by atoms with Gasteiger partial charge in [0.25, 0.3) is 0 Å². The van der Waals surface area contributed by atoms with E-state index in [2.05, 4.69) is 20.7 Å². The van der Waals surface area contributed by atoms with Crippen LogP contribution in [-0.2, 0) is 10.0 Å². The van der Waals surface area contributed by atoms with E-state index in [1.807, 2.05) is 61.5 Å². The molecule has 1 atom stereocenters. The van der Waals surface area contributed by atoms with Gasteiger partial charge in [-0.25, -0.2) is 13.1 Å². The predicted molar refractivity (Wildman–Crippen MR) is 94.7 cm³/mol. The van der Waals surface area contributed by atoms with E-state index in [-0.39, 0.29) is 6.04 Å². The van der Waals surface area contributed by atoms with Crippen LogP contribution in [0.4, 0.5) is 0 Å². The highest BCUT2D eigenvalue weighted by Crippen LogP contribution is 2.20. The van der Waals surface area contributed by atoms with Crippen LogP contribution in [0, 0.1) is 0 Å². The molecule has 0 fully saturated rings. The Kier molecular flexibility index (Phi) is 5.94. The Morgan fingerprint density at radius 1 is 1.09 bits per heavy atom. The maximum absolute atomic E-state index is 12.2. The van der Waals surface area contributed by atoms with E-state index in [0.717, 1.165) is 15.6 Å². The summed E-state index contributed by atoms with van der Waals surface area (Å²) in [5.41, 5.74) is 1.80. The fourth-order valence-corrected chi connectivity index (χ4v) is 3.43. The number of hydrogen-bond acceptors (Lipinski definition) is 2. The Morgan fingerprint density at radius 2 is 1.73 bits per heavy atom. The first kappa shape index (κ1) is 16.9. The molecule has 0 saturated carbocycles. The Hall–Kier alpha value is -1.43. The van der Waals surface area contributed by atoms with Crippen LogP contribution in [0.15, 0.2) is 64.5 Å². The van der Waals surface area contributed by atoms with Gasteiger partial charge in [-0.15, -0.1) is 0 Å². The molecule has 0 amide bonds. The van der Waals surface area contributed by atoms with Crippen molar-refractivity contribution in [2.24, 2.45) is 0 Å². The molecule has 0 bridgehead atoms. The fourth-order valence-electron chi connectivity index (χ4n) is 2.05. The van der Waals surface area contributed by atoms with Crippen LogP contribution in [0.5, 0.6) is 0 Å². The van der Waals surface area contributed by atoms with E-state index in [9.17, 15) is 8.42 Å². The topological polar surface area (TPSA) is 46.2 Å². The van der Waals surface area contributed by atoms with Crippen molar-refractivity contribution in [2.45, 2.75) is 19.4 Å². The second kappa shape index (κ2) is 7.72. The van der Waals surface area contributed by atoms with Gasteiger partial charge in [-0.3, -0.25) is 0 Å². The number of benzene rings is 2. The summed E-state index contributed by atoms with van der Waals surface area (Å²) >= 11 is 3.38. The van der Waals surface area contributed by atoms with Crippen LogP contribution in [0.1, 0.15) is 30.5 Å². The molecule has 0 radical (unpaired) electrons. The molecule has 116 valence electrons. The van der Waals surface area contributed by atoms with Crippen LogP contribution in [0.2, 0.25) is 0 Å². The van der Waals surface area contributed by atoms with Crippen LogP contribution < -0.4 is 4.72 Å². The molecule has 1 N–H and O–H groups in total. The smallest absolute Gasteiger partial charge is 0.208 e. The van der Waals surface area contributed by atoms with Crippen molar-refractivity contribution in [3.05, 3.63) is 75.6 Å². The lowest BCUT2D eigenvalue weighted by molar-refractivity contribution is 0.558. The van der Waals surface area contributed by atoms with Gasteiger partial charge in [-0.1, -0.05) is 65.3 Å². The van der Waals surface area contributed by atoms with E-state index in [0.29, 0.717) is 6.42 Å². The molecule has 22 heavy (non-hydrogen) atoms. The van der Waals surface area contributed by atoms with Crippen molar-refractivity contribution in [3.8, 4) is 0 Å². The second-order valence-electron chi connectivity index (χ2n) is 4.89. The van der Waals surface area contributed by atoms with Gasteiger partial charge in [0.05, 0.1) is 0 Å². The molecule has 0 unspecified atom stereocenters. The molecule has 5 heteroatoms. The molecular formula is C17H18BrNO2S. The monoisotopic (exact) mass is 379 g/mol. The van der Waals surface area contributed by atoms with Crippen molar-refractivity contribution >= 4 is 32.0 Å². The van der Waals surface area contributed by atoms with Gasteiger partial charge in [-0.2, -0.15) is 0 Å². The molecule has 0 spiro atoms. The first-order chi connectivity index (χ1) is 10.5. The maximum atomic E-state index is 12.2. The Labute approximate surface area is 140 Å². The maximum Gasteiger partial charge on any atom is 0.234 e. The molecule has 0 aliphatic rings. The van der Waals surface area contributed by atoms with Crippen molar-refractivity contribution in [2.75, 3.05) is 0 Å². The highest BCUT2D eigenvalue weighted by atomic mass is 79.9. The lowest BCUT2D eigenvalue weighted by Gasteiger charge is -2.16. The van der Waals surface area contributed by atoms with Gasteiger partial charge >= 0.3 is 0 Å². The van der Waals surface area contributed by atoms with E-state index in [1.165, 1.54) is 5.41 Å². The van der Waals surface area contributed by atoms with Crippen molar-refractivity contribution < 1.29 is 8.42 Å². The van der Waals surface area contributed by atoms with Crippen LogP contribution >= 0.6 is 15.9 Å². The minimum Gasteiger partial charge on any atom is -0.208 e. The number of hydrogen-bond donors (Lipinski definition) is 1. The summed E-state index contributed by atoms with van der Waals surface area (Å²) in [5, 5.41) is 1.21. The largest absolute Gasteiger partial charge is 0.234 e. The average molecular weight is 380 g/mol. The first-order valence-electron chi connectivity index (χ1n) is 7.01. The van der Waals surface area contributed by atoms with Crippen molar-refractivity contribution in [1.29, 1.82) is 0 Å². The van der Waals surface area contributed by atoms with Crippen molar-refractivity contribution in [3.63, 3.8) is 0 Å². The zero-order valence-corrected chi connectivity index (χ0v) is 14.6. The Bertz CT molecular complexity index is 725. The zero-order valence-electron chi connectivity index (χ0n) is 12.2. The highest BCUT2D eigenvalue weighted by Gasteiger charge is 2.15. The molecule has 0 saturated heterocycles. The van der Waals surface area contributed by atoms with Gasteiger partial charge in [0.2, 0.25) is 10.0 Å². The molecule has 3 nitrogen and oxygen atoms in total. The summed E-state index contributed by atoms with van der Waals surface area (Å²) < 4.78 is 28.1. The van der Waals surface area contributed by atoms with Crippen LogP contribution in [0.25, 0.3) is 6.08 Å². The van der Waals surface area contributed by atoms with E-state index < -0.39 is 10.0 Å². The molecule has 0 aromatic heterocycles. The summed E-state index contributed by atoms with van der Waals surface area (Å²) in [6.07, 6.45) is 2.27. The number of nitrogens with one attached hydrogen (secondary N) is 1. The summed E-state index contributed by atoms with van der Waals surface area (Å²) in [5.74, 6) is 0. The third-order valence-electron chi connectivity index (χ3n) is 3.23. The SMILES string of the molecule is CC[C@H](NS(=O)(=O)/C=C/c1ccccc1)c1ccc(Br)cc1. The van der Waals surface area contributed by atoms with Gasteiger partial charge < -0.3 is 0 Å². The van der Waals surface area contributed by atoms with E-state index >= 15 is 0 Å². The average Bonchev–Trinajstić information content (AvgIpc) is 2.53. The quantitative estimate of drug-likeness (QED) is 0.803. The van der Waals surface area contributed by atoms with Crippen LogP contribution in [0.3, 0.4) is 0 Å². The molecule has 2 aromatic rings. The fraction of sp³-hybridized carbons (Fsp3) is 0.176. The number of halogens is 1. The van der Waals surface area contributed by atoms with Crippen LogP contribution in [-0.4, -0.2) is 8.42 Å². The normalized spacial score (nSPS) is 13.4. The number of sulfonamides is 1. The zero-order chi connectivity index (χ0) is 16.0. The summed E-state index contributed by atoms with van der Waals surface area (Å²) in [7, 11) is -3.49. The number of rotatable bonds is 6. The molecule has 0 aliphatic heterocycles. The standard InChI is InChI=1S/C17H18BrNO2S/c1-2-17(15-8-10-16(18)11-9-15)19-22(20,21)13-12-14-6-4-3-5-7-14/h3-13,17,19H,2H2,1H3/b13-12+/t17-/m0/s1. The second-order valence-corrected chi connectivity index (χ2v) is 7.40.